The second-order valence-electron chi connectivity index (χ2n) is 4.39. The van der Waals surface area contributed by atoms with Crippen LogP contribution >= 0.6 is 0 Å². The van der Waals surface area contributed by atoms with Crippen molar-refractivity contribution in [1.82, 2.24) is 5.32 Å². The van der Waals surface area contributed by atoms with Crippen molar-refractivity contribution in [1.29, 1.82) is 0 Å². The Kier molecular flexibility index (Phi) is 4.13. The lowest BCUT2D eigenvalue weighted by molar-refractivity contribution is 0.564. The van der Waals surface area contributed by atoms with Crippen molar-refractivity contribution in [2.45, 2.75) is 19.4 Å². The fraction of sp³-hybridized carbons (Fsp3) is 0.333. The van der Waals surface area contributed by atoms with Crippen LogP contribution in [0.4, 0.5) is 0 Å². The topological polar surface area (TPSA) is 38.0 Å². The zero-order chi connectivity index (χ0) is 12.1. The molecule has 0 unspecified atom stereocenters. The second-order valence-corrected chi connectivity index (χ2v) is 4.39. The Hall–Kier alpha value is -1.38. The molecule has 3 N–H and O–H groups in total. The molecule has 0 aliphatic rings. The van der Waals surface area contributed by atoms with E-state index >= 15 is 0 Å². The predicted octanol–water partition coefficient (Wildman–Crippen LogP) is 2.84. The molecular weight excluding hydrogens is 208 g/mol. The monoisotopic (exact) mass is 228 g/mol. The fourth-order valence-electron chi connectivity index (χ4n) is 2.16. The molecule has 1 atom stereocenters. The van der Waals surface area contributed by atoms with E-state index in [9.17, 15) is 0 Å². The van der Waals surface area contributed by atoms with Crippen molar-refractivity contribution >= 4 is 10.8 Å². The Morgan fingerprint density at radius 2 is 1.88 bits per heavy atom. The van der Waals surface area contributed by atoms with E-state index in [1.54, 1.807) is 0 Å². The lowest BCUT2D eigenvalue weighted by Gasteiger charge is -2.16. The fourth-order valence-corrected chi connectivity index (χ4v) is 2.16. The van der Waals surface area contributed by atoms with Crippen molar-refractivity contribution in [3.63, 3.8) is 0 Å². The van der Waals surface area contributed by atoms with Gasteiger partial charge in [-0.15, -0.1) is 0 Å². The Balaban J connectivity index is 2.22. The van der Waals surface area contributed by atoms with Gasteiger partial charge in [0.25, 0.3) is 0 Å². The molecule has 0 saturated carbocycles. The SMILES string of the molecule is C[C@@H](NCCCN)c1cccc2ccccc12. The van der Waals surface area contributed by atoms with E-state index in [4.69, 9.17) is 5.73 Å². The minimum atomic E-state index is 0.368. The molecule has 0 radical (unpaired) electrons. The van der Waals surface area contributed by atoms with Gasteiger partial charge in [0.15, 0.2) is 0 Å². The predicted molar refractivity (Wildman–Crippen MR) is 74.0 cm³/mol. The molecule has 2 aromatic carbocycles. The van der Waals surface area contributed by atoms with Crippen LogP contribution in [0.1, 0.15) is 24.9 Å². The highest BCUT2D eigenvalue weighted by molar-refractivity contribution is 5.86. The molecule has 0 aromatic heterocycles. The Morgan fingerprint density at radius 1 is 1.12 bits per heavy atom. The van der Waals surface area contributed by atoms with Gasteiger partial charge in [-0.2, -0.15) is 0 Å². The minimum Gasteiger partial charge on any atom is -0.330 e. The minimum absolute atomic E-state index is 0.368. The molecule has 0 aliphatic heterocycles. The first-order chi connectivity index (χ1) is 8.33. The molecule has 0 fully saturated rings. The average Bonchev–Trinajstić information content (AvgIpc) is 2.38. The van der Waals surface area contributed by atoms with Crippen molar-refractivity contribution in [2.24, 2.45) is 5.73 Å². The van der Waals surface area contributed by atoms with Gasteiger partial charge in [-0.3, -0.25) is 0 Å². The largest absolute Gasteiger partial charge is 0.330 e. The van der Waals surface area contributed by atoms with Gasteiger partial charge < -0.3 is 11.1 Å². The summed E-state index contributed by atoms with van der Waals surface area (Å²) in [6.07, 6.45) is 1.02. The average molecular weight is 228 g/mol. The standard InChI is InChI=1S/C15H20N2/c1-12(17-11-5-10-16)14-9-4-7-13-6-2-3-8-15(13)14/h2-4,6-9,12,17H,5,10-11,16H2,1H3/t12-/m1/s1. The first-order valence-electron chi connectivity index (χ1n) is 6.24. The summed E-state index contributed by atoms with van der Waals surface area (Å²) < 4.78 is 0. The van der Waals surface area contributed by atoms with Crippen LogP contribution in [-0.2, 0) is 0 Å². The summed E-state index contributed by atoms with van der Waals surface area (Å²) in [7, 11) is 0. The third-order valence-electron chi connectivity index (χ3n) is 3.12. The molecular formula is C15H20N2. The van der Waals surface area contributed by atoms with Gasteiger partial charge >= 0.3 is 0 Å². The molecule has 0 spiro atoms. The van der Waals surface area contributed by atoms with Crippen LogP contribution in [0.2, 0.25) is 0 Å². The molecule has 90 valence electrons. The van der Waals surface area contributed by atoms with E-state index in [2.05, 4.69) is 54.7 Å². The van der Waals surface area contributed by atoms with Crippen molar-refractivity contribution < 1.29 is 0 Å². The number of benzene rings is 2. The number of rotatable bonds is 5. The molecule has 2 rings (SSSR count). The maximum Gasteiger partial charge on any atom is 0.0297 e. The molecule has 2 nitrogen and oxygen atoms in total. The first kappa shape index (κ1) is 12.1. The summed E-state index contributed by atoms with van der Waals surface area (Å²) in [6, 6.07) is 15.4. The van der Waals surface area contributed by atoms with E-state index in [0.29, 0.717) is 6.04 Å². The number of fused-ring (bicyclic) bond motifs is 1. The molecule has 17 heavy (non-hydrogen) atoms. The van der Waals surface area contributed by atoms with Crippen LogP contribution in [0.3, 0.4) is 0 Å². The third kappa shape index (κ3) is 2.84. The van der Waals surface area contributed by atoms with Gasteiger partial charge in [0.2, 0.25) is 0 Å². The summed E-state index contributed by atoms with van der Waals surface area (Å²) >= 11 is 0. The molecule has 0 aliphatic carbocycles. The van der Waals surface area contributed by atoms with E-state index < -0.39 is 0 Å². The van der Waals surface area contributed by atoms with Gasteiger partial charge in [0.05, 0.1) is 0 Å². The number of hydrogen-bond donors (Lipinski definition) is 2. The van der Waals surface area contributed by atoms with Gasteiger partial charge in [-0.1, -0.05) is 42.5 Å². The normalized spacial score (nSPS) is 12.8. The molecule has 0 bridgehead atoms. The van der Waals surface area contributed by atoms with Crippen LogP contribution in [0.25, 0.3) is 10.8 Å². The highest BCUT2D eigenvalue weighted by Crippen LogP contribution is 2.23. The quantitative estimate of drug-likeness (QED) is 0.772. The van der Waals surface area contributed by atoms with Crippen molar-refractivity contribution in [3.05, 3.63) is 48.0 Å². The Morgan fingerprint density at radius 3 is 2.71 bits per heavy atom. The second kappa shape index (κ2) is 5.80. The number of hydrogen-bond acceptors (Lipinski definition) is 2. The summed E-state index contributed by atoms with van der Waals surface area (Å²) in [5.74, 6) is 0. The molecule has 0 amide bonds. The van der Waals surface area contributed by atoms with Gasteiger partial charge in [-0.05, 0) is 42.8 Å². The zero-order valence-corrected chi connectivity index (χ0v) is 10.3. The smallest absolute Gasteiger partial charge is 0.0297 e. The van der Waals surface area contributed by atoms with Crippen LogP contribution in [-0.4, -0.2) is 13.1 Å². The highest BCUT2D eigenvalue weighted by atomic mass is 14.9. The summed E-state index contributed by atoms with van der Waals surface area (Å²) in [4.78, 5) is 0. The van der Waals surface area contributed by atoms with Gasteiger partial charge in [0, 0.05) is 6.04 Å². The van der Waals surface area contributed by atoms with E-state index in [-0.39, 0.29) is 0 Å². The molecule has 2 aromatic rings. The van der Waals surface area contributed by atoms with Crippen LogP contribution in [0, 0.1) is 0 Å². The van der Waals surface area contributed by atoms with E-state index in [0.717, 1.165) is 19.5 Å². The highest BCUT2D eigenvalue weighted by Gasteiger charge is 2.07. The van der Waals surface area contributed by atoms with Gasteiger partial charge in [-0.25, -0.2) is 0 Å². The lowest BCUT2D eigenvalue weighted by Crippen LogP contribution is -2.22. The van der Waals surface area contributed by atoms with Crippen molar-refractivity contribution in [3.8, 4) is 0 Å². The summed E-state index contributed by atoms with van der Waals surface area (Å²) in [6.45, 7) is 3.93. The Bertz CT molecular complexity index is 474. The summed E-state index contributed by atoms with van der Waals surface area (Å²) in [5, 5.41) is 6.15. The van der Waals surface area contributed by atoms with Crippen LogP contribution < -0.4 is 11.1 Å². The Labute approximate surface area is 103 Å². The van der Waals surface area contributed by atoms with Crippen LogP contribution in [0.15, 0.2) is 42.5 Å². The maximum atomic E-state index is 5.50. The lowest BCUT2D eigenvalue weighted by atomic mass is 10.00. The number of nitrogens with one attached hydrogen (secondary N) is 1. The van der Waals surface area contributed by atoms with Crippen molar-refractivity contribution in [2.75, 3.05) is 13.1 Å². The van der Waals surface area contributed by atoms with E-state index in [1.165, 1.54) is 16.3 Å². The van der Waals surface area contributed by atoms with Crippen LogP contribution in [0.5, 0.6) is 0 Å². The third-order valence-corrected chi connectivity index (χ3v) is 3.12. The first-order valence-corrected chi connectivity index (χ1v) is 6.24. The molecule has 2 heteroatoms. The summed E-state index contributed by atoms with van der Waals surface area (Å²) in [5.41, 5.74) is 6.87. The molecule has 0 saturated heterocycles. The molecule has 0 heterocycles. The van der Waals surface area contributed by atoms with Gasteiger partial charge in [0.1, 0.15) is 0 Å². The number of nitrogens with two attached hydrogens (primary N) is 1. The van der Waals surface area contributed by atoms with E-state index in [1.807, 2.05) is 0 Å². The zero-order valence-electron chi connectivity index (χ0n) is 10.3. The maximum absolute atomic E-state index is 5.50.